The Bertz CT molecular complexity index is 1320. The standard InChI is InChI=1S/C25H29N3O5S/c1-31-13-5-12-28-24(30)18-9-7-16(14-20(18)26-25(28)34)23(29)27-11-4-6-21(27)19-15-17(32-2)8-10-22(19)33-3/h7-10,14-15,21H,4-6,11-13H2,1-3H3,(H,26,34). The molecule has 1 aliphatic rings. The molecule has 1 saturated heterocycles. The van der Waals surface area contributed by atoms with Gasteiger partial charge in [0.15, 0.2) is 4.77 Å². The lowest BCUT2D eigenvalue weighted by molar-refractivity contribution is 0.0734. The first-order valence-electron chi connectivity index (χ1n) is 11.3. The fraction of sp³-hybridized carbons (Fsp3) is 0.400. The van der Waals surface area contributed by atoms with Gasteiger partial charge < -0.3 is 24.1 Å². The summed E-state index contributed by atoms with van der Waals surface area (Å²) in [6, 6.07) is 10.6. The Morgan fingerprint density at radius 3 is 2.71 bits per heavy atom. The van der Waals surface area contributed by atoms with Gasteiger partial charge >= 0.3 is 0 Å². The van der Waals surface area contributed by atoms with Crippen LogP contribution < -0.4 is 15.0 Å². The number of hydrogen-bond acceptors (Lipinski definition) is 6. The zero-order chi connectivity index (χ0) is 24.2. The molecule has 1 unspecified atom stereocenters. The number of likely N-dealkylation sites (tertiary alicyclic amines) is 1. The number of fused-ring (bicyclic) bond motifs is 1. The first kappa shape index (κ1) is 24.0. The van der Waals surface area contributed by atoms with E-state index in [9.17, 15) is 9.59 Å². The van der Waals surface area contributed by atoms with Crippen molar-refractivity contribution in [1.29, 1.82) is 0 Å². The number of methoxy groups -OCH3 is 3. The molecule has 4 rings (SSSR count). The van der Waals surface area contributed by atoms with Gasteiger partial charge in [0.2, 0.25) is 0 Å². The summed E-state index contributed by atoms with van der Waals surface area (Å²) >= 11 is 5.41. The van der Waals surface area contributed by atoms with Crippen molar-refractivity contribution in [3.8, 4) is 11.5 Å². The van der Waals surface area contributed by atoms with Crippen LogP contribution in [0.25, 0.3) is 10.9 Å². The first-order chi connectivity index (χ1) is 16.5. The minimum Gasteiger partial charge on any atom is -0.497 e. The molecular formula is C25H29N3O5S. The molecular weight excluding hydrogens is 454 g/mol. The van der Waals surface area contributed by atoms with Crippen molar-refractivity contribution >= 4 is 29.0 Å². The van der Waals surface area contributed by atoms with E-state index in [1.54, 1.807) is 39.5 Å². The number of aromatic nitrogens is 2. The highest BCUT2D eigenvalue weighted by molar-refractivity contribution is 7.71. The van der Waals surface area contributed by atoms with E-state index >= 15 is 0 Å². The number of carbonyl (C=O) groups is 1. The number of amides is 1. The summed E-state index contributed by atoms with van der Waals surface area (Å²) in [5.41, 5.74) is 1.81. The second-order valence-electron chi connectivity index (χ2n) is 8.26. The zero-order valence-corrected chi connectivity index (χ0v) is 20.4. The third-order valence-corrected chi connectivity index (χ3v) is 6.59. The van der Waals surface area contributed by atoms with Crippen LogP contribution in [0.2, 0.25) is 0 Å². The predicted octanol–water partition coefficient (Wildman–Crippen LogP) is 4.09. The summed E-state index contributed by atoms with van der Waals surface area (Å²) in [5, 5.41) is 0.495. The molecule has 1 atom stereocenters. The lowest BCUT2D eigenvalue weighted by Gasteiger charge is -2.27. The second kappa shape index (κ2) is 10.4. The van der Waals surface area contributed by atoms with Gasteiger partial charge in [-0.2, -0.15) is 0 Å². The lowest BCUT2D eigenvalue weighted by atomic mass is 10.0. The Morgan fingerprint density at radius 2 is 1.97 bits per heavy atom. The van der Waals surface area contributed by atoms with Gasteiger partial charge in [0.1, 0.15) is 11.5 Å². The van der Waals surface area contributed by atoms with Crippen molar-refractivity contribution in [2.24, 2.45) is 0 Å². The highest BCUT2D eigenvalue weighted by Crippen LogP contribution is 2.39. The van der Waals surface area contributed by atoms with Crippen LogP contribution in [0.15, 0.2) is 41.2 Å². The van der Waals surface area contributed by atoms with Crippen molar-refractivity contribution in [3.05, 3.63) is 62.6 Å². The fourth-order valence-electron chi connectivity index (χ4n) is 4.56. The second-order valence-corrected chi connectivity index (χ2v) is 8.64. The Kier molecular flexibility index (Phi) is 7.33. The van der Waals surface area contributed by atoms with Crippen LogP contribution in [0.4, 0.5) is 0 Å². The van der Waals surface area contributed by atoms with Crippen molar-refractivity contribution in [1.82, 2.24) is 14.5 Å². The average Bonchev–Trinajstić information content (AvgIpc) is 3.34. The molecule has 0 saturated carbocycles. The molecule has 1 fully saturated rings. The van der Waals surface area contributed by atoms with E-state index in [-0.39, 0.29) is 17.5 Å². The molecule has 34 heavy (non-hydrogen) atoms. The molecule has 0 bridgehead atoms. The van der Waals surface area contributed by atoms with E-state index in [1.807, 2.05) is 23.1 Å². The molecule has 9 heteroatoms. The largest absolute Gasteiger partial charge is 0.497 e. The zero-order valence-electron chi connectivity index (χ0n) is 19.6. The molecule has 1 aliphatic heterocycles. The van der Waals surface area contributed by atoms with Crippen LogP contribution in [0.3, 0.4) is 0 Å². The van der Waals surface area contributed by atoms with Crippen LogP contribution in [0.1, 0.15) is 41.2 Å². The molecule has 1 amide bonds. The van der Waals surface area contributed by atoms with Gasteiger partial charge in [0, 0.05) is 37.9 Å². The van der Waals surface area contributed by atoms with E-state index in [0.29, 0.717) is 47.4 Å². The molecule has 8 nitrogen and oxygen atoms in total. The molecule has 180 valence electrons. The maximum atomic E-state index is 13.6. The van der Waals surface area contributed by atoms with Crippen molar-refractivity contribution in [3.63, 3.8) is 0 Å². The van der Waals surface area contributed by atoms with Gasteiger partial charge in [0.25, 0.3) is 11.5 Å². The Labute approximate surface area is 203 Å². The Morgan fingerprint density at radius 1 is 1.15 bits per heavy atom. The van der Waals surface area contributed by atoms with E-state index < -0.39 is 0 Å². The van der Waals surface area contributed by atoms with E-state index in [1.165, 1.54) is 4.57 Å². The number of hydrogen-bond donors (Lipinski definition) is 1. The maximum Gasteiger partial charge on any atom is 0.262 e. The van der Waals surface area contributed by atoms with Crippen LogP contribution >= 0.6 is 12.2 Å². The van der Waals surface area contributed by atoms with E-state index in [4.69, 9.17) is 26.4 Å². The fourth-order valence-corrected chi connectivity index (χ4v) is 4.84. The highest BCUT2D eigenvalue weighted by Gasteiger charge is 2.33. The topological polar surface area (TPSA) is 85.8 Å². The SMILES string of the molecule is COCCCn1c(=S)[nH]c2cc(C(=O)N3CCCC3c3cc(OC)ccc3OC)ccc2c1=O. The number of rotatable bonds is 8. The van der Waals surface area contributed by atoms with E-state index in [2.05, 4.69) is 4.98 Å². The third kappa shape index (κ3) is 4.58. The molecule has 0 radical (unpaired) electrons. The van der Waals surface area contributed by atoms with Crippen LogP contribution in [0.5, 0.6) is 11.5 Å². The van der Waals surface area contributed by atoms with Crippen LogP contribution in [-0.2, 0) is 11.3 Å². The molecule has 1 aromatic heterocycles. The third-order valence-electron chi connectivity index (χ3n) is 6.27. The summed E-state index contributed by atoms with van der Waals surface area (Å²) in [7, 11) is 4.87. The Hall–Kier alpha value is -3.17. The lowest BCUT2D eigenvalue weighted by Crippen LogP contribution is -2.31. The summed E-state index contributed by atoms with van der Waals surface area (Å²) in [6.45, 7) is 1.65. The number of nitrogens with one attached hydrogen (secondary N) is 1. The molecule has 0 spiro atoms. The number of aromatic amines is 1. The van der Waals surface area contributed by atoms with Gasteiger partial charge in [-0.25, -0.2) is 0 Å². The smallest absolute Gasteiger partial charge is 0.262 e. The number of benzene rings is 2. The summed E-state index contributed by atoms with van der Waals surface area (Å²) in [6.07, 6.45) is 2.40. The number of carbonyl (C=O) groups excluding carboxylic acids is 1. The molecule has 1 N–H and O–H groups in total. The van der Waals surface area contributed by atoms with Crippen molar-refractivity contribution in [2.45, 2.75) is 31.8 Å². The Balaban J connectivity index is 1.67. The maximum absolute atomic E-state index is 13.6. The van der Waals surface area contributed by atoms with Crippen LogP contribution in [-0.4, -0.2) is 54.8 Å². The quantitative estimate of drug-likeness (QED) is 0.384. The van der Waals surface area contributed by atoms with Crippen molar-refractivity contribution in [2.75, 3.05) is 34.5 Å². The molecule has 0 aliphatic carbocycles. The predicted molar refractivity (Wildman–Crippen MR) is 132 cm³/mol. The van der Waals surface area contributed by atoms with E-state index in [0.717, 1.165) is 29.9 Å². The number of nitrogens with zero attached hydrogens (tertiary/aromatic N) is 2. The van der Waals surface area contributed by atoms with Gasteiger partial charge in [-0.05, 0) is 67.9 Å². The monoisotopic (exact) mass is 483 g/mol. The van der Waals surface area contributed by atoms with Gasteiger partial charge in [-0.15, -0.1) is 0 Å². The highest BCUT2D eigenvalue weighted by atomic mass is 32.1. The van der Waals surface area contributed by atoms with Crippen LogP contribution in [0, 0.1) is 4.77 Å². The first-order valence-corrected chi connectivity index (χ1v) is 11.7. The summed E-state index contributed by atoms with van der Waals surface area (Å²) in [5.74, 6) is 1.34. The van der Waals surface area contributed by atoms with Crippen molar-refractivity contribution < 1.29 is 19.0 Å². The summed E-state index contributed by atoms with van der Waals surface area (Å²) in [4.78, 5) is 31.5. The minimum absolute atomic E-state index is 0.0992. The van der Waals surface area contributed by atoms with Gasteiger partial charge in [-0.3, -0.25) is 14.2 Å². The molecule has 2 aromatic carbocycles. The normalized spacial score (nSPS) is 15.6. The van der Waals surface area contributed by atoms with Gasteiger partial charge in [0.05, 0.1) is 31.2 Å². The average molecular weight is 484 g/mol. The number of H-pyrrole nitrogens is 1. The summed E-state index contributed by atoms with van der Waals surface area (Å²) < 4.78 is 17.9. The molecule has 2 heterocycles. The number of ether oxygens (including phenoxy) is 3. The minimum atomic E-state index is -0.172. The molecule has 3 aromatic rings. The van der Waals surface area contributed by atoms with Gasteiger partial charge in [-0.1, -0.05) is 0 Å².